The molecule has 3 nitrogen and oxygen atoms in total. The monoisotopic (exact) mass is 837 g/mol. The van der Waals surface area contributed by atoms with E-state index >= 15 is 0 Å². The lowest BCUT2D eigenvalue weighted by Gasteiger charge is -2.35. The second-order valence-corrected chi connectivity index (χ2v) is 30.7. The molecule has 0 fully saturated rings. The summed E-state index contributed by atoms with van der Waals surface area (Å²) >= 11 is 0. The fraction of sp³-hybridized carbons (Fsp3) is 1.00. The van der Waals surface area contributed by atoms with Crippen LogP contribution in [-0.4, -0.2) is 81.3 Å². The predicted octanol–water partition coefficient (Wildman–Crippen LogP) is 14.7. The molecule has 0 rings (SSSR count). The lowest BCUT2D eigenvalue weighted by molar-refractivity contribution is -0.479. The maximum Gasteiger partial charge on any atom is 0.0594 e. The molecule has 0 N–H and O–H groups in total. The van der Waals surface area contributed by atoms with Crippen LogP contribution in [0.25, 0.3) is 0 Å². The van der Waals surface area contributed by atoms with Gasteiger partial charge in [-0.05, 0) is 77.0 Å². The molecule has 0 aromatic heterocycles. The summed E-state index contributed by atoms with van der Waals surface area (Å²) in [6.07, 6.45) is 53.8. The smallest absolute Gasteiger partial charge is 0.0594 e. The molecule has 0 saturated carbocycles. The first-order valence-electron chi connectivity index (χ1n) is 25.0. The van der Waals surface area contributed by atoms with Crippen LogP contribution in [0.2, 0.25) is 0 Å². The SMILES string of the molecule is CCCC[P+](CCCC)(CCCC)CCCC.CCCC[P+](CCCC)(CCCC)CCCC.CCCC[P+](CCCC)(CCCC)CCCC.[O-]B([O-])[O-]. The Balaban J connectivity index is -0.000000337. The van der Waals surface area contributed by atoms with Gasteiger partial charge >= 0.3 is 0 Å². The largest absolute Gasteiger partial charge is 0.907 e. The van der Waals surface area contributed by atoms with Gasteiger partial charge in [0.25, 0.3) is 0 Å². The summed E-state index contributed by atoms with van der Waals surface area (Å²) in [5.74, 6) is 0. The van der Waals surface area contributed by atoms with E-state index in [0.717, 1.165) is 0 Å². The normalized spacial score (nSPS) is 11.6. The van der Waals surface area contributed by atoms with Crippen molar-refractivity contribution in [2.24, 2.45) is 0 Å². The van der Waals surface area contributed by atoms with Crippen LogP contribution in [0.5, 0.6) is 0 Å². The van der Waals surface area contributed by atoms with Crippen molar-refractivity contribution in [3.63, 3.8) is 0 Å². The number of unbranched alkanes of at least 4 members (excludes halogenated alkanes) is 12. The Morgan fingerprint density at radius 3 is 0.345 bits per heavy atom. The average Bonchev–Trinajstić information content (AvgIpc) is 3.19. The first kappa shape index (κ1) is 62.9. The van der Waals surface area contributed by atoms with Crippen molar-refractivity contribution in [2.45, 2.75) is 237 Å². The molecule has 0 bridgehead atoms. The summed E-state index contributed by atoms with van der Waals surface area (Å²) < 4.78 is 0. The Morgan fingerprint density at radius 2 is 0.291 bits per heavy atom. The Morgan fingerprint density at radius 1 is 0.218 bits per heavy atom. The molecule has 336 valence electrons. The third-order valence-electron chi connectivity index (χ3n) is 11.8. The highest BCUT2D eigenvalue weighted by atomic mass is 31.2. The van der Waals surface area contributed by atoms with E-state index in [2.05, 4.69) is 83.1 Å². The summed E-state index contributed by atoms with van der Waals surface area (Å²) in [6.45, 7) is 28.3. The lowest BCUT2D eigenvalue weighted by Crippen LogP contribution is -2.56. The summed E-state index contributed by atoms with van der Waals surface area (Å²) in [4.78, 5) is 0. The van der Waals surface area contributed by atoms with Gasteiger partial charge in [0, 0.05) is 21.8 Å². The molecule has 0 amide bonds. The van der Waals surface area contributed by atoms with E-state index < -0.39 is 29.1 Å². The zero-order valence-corrected chi connectivity index (χ0v) is 43.3. The lowest BCUT2D eigenvalue weighted by atomic mass is 10.3. The van der Waals surface area contributed by atoms with Crippen LogP contribution < -0.4 is 15.1 Å². The molecule has 0 saturated heterocycles. The van der Waals surface area contributed by atoms with Crippen molar-refractivity contribution in [3.8, 4) is 0 Å². The minimum atomic E-state index is -2.92. The van der Waals surface area contributed by atoms with Gasteiger partial charge < -0.3 is 15.1 Å². The maximum absolute atomic E-state index is 8.42. The predicted molar refractivity (Wildman–Crippen MR) is 264 cm³/mol. The van der Waals surface area contributed by atoms with Crippen molar-refractivity contribution >= 4 is 29.1 Å². The van der Waals surface area contributed by atoms with E-state index in [1.165, 1.54) is 154 Å². The minimum Gasteiger partial charge on any atom is -0.907 e. The third-order valence-corrected chi connectivity index (χ3v) is 27.0. The molecular weight excluding hydrogens is 728 g/mol. The summed E-state index contributed by atoms with van der Waals surface area (Å²) in [5, 5.41) is 25.2. The molecule has 0 unspecified atom stereocenters. The number of rotatable bonds is 36. The highest BCUT2D eigenvalue weighted by molar-refractivity contribution is 7.76. The highest BCUT2D eigenvalue weighted by Gasteiger charge is 2.36. The molecular formula is C48H108BO3P3. The van der Waals surface area contributed by atoms with Crippen LogP contribution in [0.3, 0.4) is 0 Å². The number of hydrogen-bond acceptors (Lipinski definition) is 3. The standard InChI is InChI=1S/3C16H36P.BO3/c3*1-5-9-13-17(14-10-6-2,15-11-7-3)16-12-8-4;2-1(3)4/h3*5-16H2,1-4H3;/q3*+1;-3. The Hall–Kier alpha value is 1.23. The second-order valence-electron chi connectivity index (χ2n) is 17.2. The van der Waals surface area contributed by atoms with Gasteiger partial charge in [-0.15, -0.1) is 0 Å². The molecule has 0 atom stereocenters. The van der Waals surface area contributed by atoms with Gasteiger partial charge in [-0.2, -0.15) is 0 Å². The van der Waals surface area contributed by atoms with Gasteiger partial charge in [0.15, 0.2) is 0 Å². The summed E-state index contributed by atoms with van der Waals surface area (Å²) in [5.41, 5.74) is 0. The van der Waals surface area contributed by atoms with E-state index in [1.807, 2.05) is 0 Å². The van der Waals surface area contributed by atoms with Gasteiger partial charge in [-0.1, -0.05) is 160 Å². The van der Waals surface area contributed by atoms with Crippen LogP contribution in [0.1, 0.15) is 237 Å². The molecule has 0 aliphatic rings. The summed E-state index contributed by atoms with van der Waals surface area (Å²) in [7, 11) is -4.60. The zero-order valence-electron chi connectivity index (χ0n) is 40.6. The average molecular weight is 837 g/mol. The first-order valence-corrected chi connectivity index (χ1v) is 32.6. The van der Waals surface area contributed by atoms with E-state index in [9.17, 15) is 0 Å². The Kier molecular flexibility index (Phi) is 54.8. The van der Waals surface area contributed by atoms with Crippen molar-refractivity contribution in [1.29, 1.82) is 0 Å². The van der Waals surface area contributed by atoms with Crippen molar-refractivity contribution in [3.05, 3.63) is 0 Å². The van der Waals surface area contributed by atoms with Gasteiger partial charge in [0.1, 0.15) is 0 Å². The molecule has 0 radical (unpaired) electrons. The zero-order chi connectivity index (χ0) is 42.5. The molecule has 55 heavy (non-hydrogen) atoms. The van der Waals surface area contributed by atoms with Crippen molar-refractivity contribution in [2.75, 3.05) is 73.9 Å². The van der Waals surface area contributed by atoms with Crippen molar-refractivity contribution in [1.82, 2.24) is 0 Å². The van der Waals surface area contributed by atoms with E-state index in [0.29, 0.717) is 0 Å². The topological polar surface area (TPSA) is 69.2 Å². The quantitative estimate of drug-likeness (QED) is 0.0466. The molecule has 0 aromatic carbocycles. The molecule has 0 heterocycles. The highest BCUT2D eigenvalue weighted by Crippen LogP contribution is 2.63. The van der Waals surface area contributed by atoms with Gasteiger partial charge in [-0.3, -0.25) is 7.32 Å². The fourth-order valence-electron chi connectivity index (χ4n) is 7.93. The van der Waals surface area contributed by atoms with Crippen LogP contribution in [0.15, 0.2) is 0 Å². The van der Waals surface area contributed by atoms with Gasteiger partial charge in [0.2, 0.25) is 0 Å². The number of hydrogen-bond donors (Lipinski definition) is 0. The van der Waals surface area contributed by atoms with Crippen LogP contribution in [0.4, 0.5) is 0 Å². The summed E-state index contributed by atoms with van der Waals surface area (Å²) in [6, 6.07) is 0. The molecule has 0 spiro atoms. The van der Waals surface area contributed by atoms with E-state index in [1.54, 1.807) is 73.9 Å². The van der Waals surface area contributed by atoms with Gasteiger partial charge in [0.05, 0.1) is 73.9 Å². The Bertz CT molecular complexity index is 496. The second kappa shape index (κ2) is 47.9. The fourth-order valence-corrected chi connectivity index (χ4v) is 23.8. The Labute approximate surface area is 353 Å². The van der Waals surface area contributed by atoms with E-state index in [-0.39, 0.29) is 0 Å². The molecule has 0 aromatic rings. The van der Waals surface area contributed by atoms with E-state index in [4.69, 9.17) is 15.1 Å². The molecule has 0 aliphatic carbocycles. The van der Waals surface area contributed by atoms with Crippen molar-refractivity contribution < 1.29 is 15.1 Å². The molecule has 0 aliphatic heterocycles. The third kappa shape index (κ3) is 41.7. The molecule has 7 heteroatoms. The minimum absolute atomic E-state index is 0.562. The van der Waals surface area contributed by atoms with Crippen LogP contribution in [-0.2, 0) is 0 Å². The van der Waals surface area contributed by atoms with Gasteiger partial charge in [-0.25, -0.2) is 0 Å². The van der Waals surface area contributed by atoms with Crippen LogP contribution >= 0.6 is 21.8 Å². The first-order chi connectivity index (χ1) is 26.5. The maximum atomic E-state index is 8.42. The van der Waals surface area contributed by atoms with Crippen LogP contribution in [0, 0.1) is 0 Å².